The monoisotopic (exact) mass is 260 g/mol. The van der Waals surface area contributed by atoms with Crippen molar-refractivity contribution in [3.8, 4) is 0 Å². The number of nitro groups is 1. The second-order valence-electron chi connectivity index (χ2n) is 6.13. The molecule has 2 aliphatic rings. The molecule has 2 fully saturated rings. The van der Waals surface area contributed by atoms with Gasteiger partial charge in [0.25, 0.3) is 5.69 Å². The summed E-state index contributed by atoms with van der Waals surface area (Å²) < 4.78 is 0. The first-order valence-corrected chi connectivity index (χ1v) is 7.12. The fraction of sp³-hybridized carbons (Fsp3) is 0.600. The molecule has 4 atom stereocenters. The first-order valence-electron chi connectivity index (χ1n) is 7.12. The molecule has 1 aromatic rings. The van der Waals surface area contributed by atoms with Gasteiger partial charge in [0.2, 0.25) is 0 Å². The average molecular weight is 260 g/mol. The molecule has 4 heteroatoms. The van der Waals surface area contributed by atoms with Crippen molar-refractivity contribution in [1.82, 2.24) is 0 Å². The molecule has 2 bridgehead atoms. The van der Waals surface area contributed by atoms with E-state index < -0.39 is 0 Å². The van der Waals surface area contributed by atoms with E-state index >= 15 is 0 Å². The van der Waals surface area contributed by atoms with Gasteiger partial charge in [0.1, 0.15) is 0 Å². The number of nitrogens with two attached hydrogens (primary N) is 1. The standard InChI is InChI=1S/C15H20N2O2/c16-15(14-8-11-1-4-12(14)7-11)9-10-2-5-13(6-3-10)17(18)19/h2-3,5-6,11-12,14-15H,1,4,7-9,16H2. The predicted molar refractivity (Wildman–Crippen MR) is 73.7 cm³/mol. The van der Waals surface area contributed by atoms with Crippen LogP contribution in [0.2, 0.25) is 0 Å². The van der Waals surface area contributed by atoms with Crippen LogP contribution in [0.3, 0.4) is 0 Å². The lowest BCUT2D eigenvalue weighted by molar-refractivity contribution is -0.384. The maximum absolute atomic E-state index is 10.6. The van der Waals surface area contributed by atoms with E-state index in [4.69, 9.17) is 5.73 Å². The largest absolute Gasteiger partial charge is 0.327 e. The molecule has 0 spiro atoms. The van der Waals surface area contributed by atoms with Crippen LogP contribution < -0.4 is 5.73 Å². The highest BCUT2D eigenvalue weighted by molar-refractivity contribution is 5.33. The number of non-ortho nitro benzene ring substituents is 1. The maximum atomic E-state index is 10.6. The molecule has 0 aliphatic heterocycles. The zero-order valence-corrected chi connectivity index (χ0v) is 11.0. The van der Waals surface area contributed by atoms with E-state index in [0.29, 0.717) is 5.92 Å². The van der Waals surface area contributed by atoms with Crippen molar-refractivity contribution in [3.63, 3.8) is 0 Å². The third kappa shape index (κ3) is 2.50. The van der Waals surface area contributed by atoms with Crippen LogP contribution in [0.4, 0.5) is 5.69 Å². The summed E-state index contributed by atoms with van der Waals surface area (Å²) in [6.45, 7) is 0. The molecule has 4 unspecified atom stereocenters. The lowest BCUT2D eigenvalue weighted by Crippen LogP contribution is -2.35. The molecule has 4 nitrogen and oxygen atoms in total. The van der Waals surface area contributed by atoms with Gasteiger partial charge < -0.3 is 5.73 Å². The van der Waals surface area contributed by atoms with Crippen LogP contribution in [0.1, 0.15) is 31.2 Å². The molecule has 0 heterocycles. The molecular formula is C15H20N2O2. The summed E-state index contributed by atoms with van der Waals surface area (Å²) in [5.41, 5.74) is 7.62. The minimum Gasteiger partial charge on any atom is -0.327 e. The van der Waals surface area contributed by atoms with Gasteiger partial charge in [-0.15, -0.1) is 0 Å². The van der Waals surface area contributed by atoms with Crippen molar-refractivity contribution in [2.45, 2.75) is 38.1 Å². The Labute approximate surface area is 113 Å². The Kier molecular flexibility index (Phi) is 3.27. The van der Waals surface area contributed by atoms with Crippen LogP contribution in [0.15, 0.2) is 24.3 Å². The van der Waals surface area contributed by atoms with Crippen LogP contribution in [0.5, 0.6) is 0 Å². The summed E-state index contributed by atoms with van der Waals surface area (Å²) >= 11 is 0. The quantitative estimate of drug-likeness (QED) is 0.668. The molecule has 19 heavy (non-hydrogen) atoms. The molecule has 2 N–H and O–H groups in total. The summed E-state index contributed by atoms with van der Waals surface area (Å²) in [6.07, 6.45) is 6.25. The minimum atomic E-state index is -0.361. The smallest absolute Gasteiger partial charge is 0.269 e. The number of rotatable bonds is 4. The lowest BCUT2D eigenvalue weighted by atomic mass is 9.81. The Hall–Kier alpha value is -1.42. The van der Waals surface area contributed by atoms with Crippen molar-refractivity contribution in [2.24, 2.45) is 23.5 Å². The highest BCUT2D eigenvalue weighted by Crippen LogP contribution is 2.49. The fourth-order valence-electron chi connectivity index (χ4n) is 4.00. The van der Waals surface area contributed by atoms with Crippen molar-refractivity contribution >= 4 is 5.69 Å². The fourth-order valence-corrected chi connectivity index (χ4v) is 4.00. The molecule has 0 aromatic heterocycles. The number of benzene rings is 1. The minimum absolute atomic E-state index is 0.150. The van der Waals surface area contributed by atoms with E-state index in [9.17, 15) is 10.1 Å². The predicted octanol–water partition coefficient (Wildman–Crippen LogP) is 2.90. The summed E-state index contributed by atoms with van der Waals surface area (Å²) in [6, 6.07) is 7.03. The molecule has 3 rings (SSSR count). The highest BCUT2D eigenvalue weighted by atomic mass is 16.6. The molecule has 0 amide bonds. The van der Waals surface area contributed by atoms with Crippen molar-refractivity contribution in [3.05, 3.63) is 39.9 Å². The normalized spacial score (nSPS) is 30.5. The number of hydrogen-bond donors (Lipinski definition) is 1. The highest BCUT2D eigenvalue weighted by Gasteiger charge is 2.41. The Balaban J connectivity index is 1.63. The molecule has 1 aromatic carbocycles. The first-order chi connectivity index (χ1) is 9.13. The van der Waals surface area contributed by atoms with Gasteiger partial charge in [-0.25, -0.2) is 0 Å². The van der Waals surface area contributed by atoms with Gasteiger partial charge >= 0.3 is 0 Å². The molecule has 0 radical (unpaired) electrons. The van der Waals surface area contributed by atoms with Crippen molar-refractivity contribution in [2.75, 3.05) is 0 Å². The van der Waals surface area contributed by atoms with Crippen LogP contribution in [0.25, 0.3) is 0 Å². The maximum Gasteiger partial charge on any atom is 0.269 e. The van der Waals surface area contributed by atoms with Gasteiger partial charge in [-0.3, -0.25) is 10.1 Å². The second-order valence-corrected chi connectivity index (χ2v) is 6.13. The van der Waals surface area contributed by atoms with Gasteiger partial charge in [0.15, 0.2) is 0 Å². The van der Waals surface area contributed by atoms with E-state index in [1.54, 1.807) is 12.1 Å². The summed E-state index contributed by atoms with van der Waals surface area (Å²) in [7, 11) is 0. The zero-order chi connectivity index (χ0) is 13.4. The zero-order valence-electron chi connectivity index (χ0n) is 11.0. The number of nitrogens with zero attached hydrogens (tertiary/aromatic N) is 1. The molecule has 2 saturated carbocycles. The summed E-state index contributed by atoms with van der Waals surface area (Å²) in [4.78, 5) is 10.2. The van der Waals surface area contributed by atoms with E-state index in [1.807, 2.05) is 12.1 Å². The van der Waals surface area contributed by atoms with Crippen LogP contribution >= 0.6 is 0 Å². The van der Waals surface area contributed by atoms with Crippen molar-refractivity contribution < 1.29 is 4.92 Å². The topological polar surface area (TPSA) is 69.2 Å². The van der Waals surface area contributed by atoms with Gasteiger partial charge in [-0.1, -0.05) is 18.6 Å². The number of nitro benzene ring substituents is 1. The number of fused-ring (bicyclic) bond motifs is 2. The second kappa shape index (κ2) is 4.93. The third-order valence-electron chi connectivity index (χ3n) is 4.96. The Morgan fingerprint density at radius 3 is 2.53 bits per heavy atom. The molecular weight excluding hydrogens is 240 g/mol. The number of hydrogen-bond acceptors (Lipinski definition) is 3. The van der Waals surface area contributed by atoms with E-state index in [0.717, 1.165) is 23.8 Å². The van der Waals surface area contributed by atoms with Crippen LogP contribution in [-0.2, 0) is 6.42 Å². The van der Waals surface area contributed by atoms with Gasteiger partial charge in [0, 0.05) is 18.2 Å². The Morgan fingerprint density at radius 2 is 2.00 bits per heavy atom. The SMILES string of the molecule is NC(Cc1ccc([N+](=O)[O-])cc1)C1CC2CCC1C2. The third-order valence-corrected chi connectivity index (χ3v) is 4.96. The van der Waals surface area contributed by atoms with Gasteiger partial charge in [-0.05, 0) is 49.0 Å². The Bertz CT molecular complexity index is 472. The first kappa shape index (κ1) is 12.6. The van der Waals surface area contributed by atoms with E-state index in [2.05, 4.69) is 0 Å². The molecule has 0 saturated heterocycles. The Morgan fingerprint density at radius 1 is 1.26 bits per heavy atom. The average Bonchev–Trinajstić information content (AvgIpc) is 3.01. The summed E-state index contributed by atoms with van der Waals surface area (Å²) in [5, 5.41) is 10.6. The van der Waals surface area contributed by atoms with Crippen LogP contribution in [-0.4, -0.2) is 11.0 Å². The molecule has 102 valence electrons. The van der Waals surface area contributed by atoms with Gasteiger partial charge in [0.05, 0.1) is 4.92 Å². The van der Waals surface area contributed by atoms with E-state index in [-0.39, 0.29) is 16.7 Å². The summed E-state index contributed by atoms with van der Waals surface area (Å²) in [5.74, 6) is 2.41. The van der Waals surface area contributed by atoms with Crippen molar-refractivity contribution in [1.29, 1.82) is 0 Å². The van der Waals surface area contributed by atoms with Crippen LogP contribution in [0, 0.1) is 27.9 Å². The molecule has 2 aliphatic carbocycles. The van der Waals surface area contributed by atoms with E-state index in [1.165, 1.54) is 25.7 Å². The van der Waals surface area contributed by atoms with Gasteiger partial charge in [-0.2, -0.15) is 0 Å². The lowest BCUT2D eigenvalue weighted by Gasteiger charge is -2.27.